The van der Waals surface area contributed by atoms with Crippen LogP contribution in [-0.4, -0.2) is 46.0 Å². The zero-order chi connectivity index (χ0) is 18.3. The highest BCUT2D eigenvalue weighted by Crippen LogP contribution is 2.23. The third-order valence-electron chi connectivity index (χ3n) is 2.99. The quantitative estimate of drug-likeness (QED) is 0.499. The van der Waals surface area contributed by atoms with Crippen molar-refractivity contribution >= 4 is 11.9 Å². The van der Waals surface area contributed by atoms with Gasteiger partial charge in [-0.2, -0.15) is 5.10 Å². The van der Waals surface area contributed by atoms with E-state index in [0.29, 0.717) is 0 Å². The molecule has 0 aromatic carbocycles. The SMILES string of the molecule is C=CCOCC(NC(=O)c1cnn(CC(C)C)c1C(F)F)C(=O)O. The van der Waals surface area contributed by atoms with E-state index in [0.717, 1.165) is 10.9 Å². The lowest BCUT2D eigenvalue weighted by Gasteiger charge is -2.15. The Morgan fingerprint density at radius 1 is 1.50 bits per heavy atom. The lowest BCUT2D eigenvalue weighted by molar-refractivity contribution is -0.140. The number of hydrogen-bond donors (Lipinski definition) is 2. The molecule has 1 aromatic rings. The summed E-state index contributed by atoms with van der Waals surface area (Å²) in [5, 5.41) is 15.1. The molecule has 0 aliphatic rings. The van der Waals surface area contributed by atoms with Crippen LogP contribution in [0.5, 0.6) is 0 Å². The molecule has 0 spiro atoms. The predicted octanol–water partition coefficient (Wildman–Crippen LogP) is 1.86. The predicted molar refractivity (Wildman–Crippen MR) is 81.9 cm³/mol. The molecule has 9 heteroatoms. The van der Waals surface area contributed by atoms with Gasteiger partial charge >= 0.3 is 5.97 Å². The second kappa shape index (κ2) is 9.11. The van der Waals surface area contributed by atoms with Crippen LogP contribution in [0.25, 0.3) is 0 Å². The molecule has 134 valence electrons. The molecule has 1 amide bonds. The third kappa shape index (κ3) is 5.41. The molecular weight excluding hydrogens is 324 g/mol. The number of rotatable bonds is 10. The lowest BCUT2D eigenvalue weighted by atomic mass is 10.2. The van der Waals surface area contributed by atoms with Crippen LogP contribution in [0.3, 0.4) is 0 Å². The standard InChI is InChI=1S/C15H21F2N3O4/c1-4-5-24-8-11(15(22)23)19-14(21)10-6-18-20(7-9(2)3)12(10)13(16)17/h4,6,9,11,13H,1,5,7-8H2,2-3H3,(H,19,21)(H,22,23). The summed E-state index contributed by atoms with van der Waals surface area (Å²) in [7, 11) is 0. The fourth-order valence-electron chi connectivity index (χ4n) is 1.97. The number of aromatic nitrogens is 2. The van der Waals surface area contributed by atoms with Gasteiger partial charge in [0.2, 0.25) is 0 Å². The third-order valence-corrected chi connectivity index (χ3v) is 2.99. The van der Waals surface area contributed by atoms with Gasteiger partial charge in [0.05, 0.1) is 25.0 Å². The van der Waals surface area contributed by atoms with Crippen molar-refractivity contribution in [3.8, 4) is 0 Å². The maximum Gasteiger partial charge on any atom is 0.328 e. The summed E-state index contributed by atoms with van der Waals surface area (Å²) in [6.07, 6.45) is -0.471. The summed E-state index contributed by atoms with van der Waals surface area (Å²) in [6, 6.07) is -1.36. The number of aliphatic carboxylic acids is 1. The van der Waals surface area contributed by atoms with Crippen LogP contribution in [0.4, 0.5) is 8.78 Å². The fraction of sp³-hybridized carbons (Fsp3) is 0.533. The zero-order valence-electron chi connectivity index (χ0n) is 13.5. The van der Waals surface area contributed by atoms with Gasteiger partial charge in [-0.05, 0) is 5.92 Å². The highest BCUT2D eigenvalue weighted by atomic mass is 19.3. The molecule has 0 fully saturated rings. The molecule has 1 atom stereocenters. The Morgan fingerprint density at radius 2 is 2.17 bits per heavy atom. The minimum absolute atomic E-state index is 0.0531. The van der Waals surface area contributed by atoms with Gasteiger partial charge in [-0.3, -0.25) is 9.48 Å². The molecule has 0 aliphatic heterocycles. The van der Waals surface area contributed by atoms with Gasteiger partial charge in [0.1, 0.15) is 5.69 Å². The van der Waals surface area contributed by atoms with Crippen molar-refractivity contribution < 1.29 is 28.2 Å². The normalized spacial score (nSPS) is 12.4. The Hall–Kier alpha value is -2.29. The number of nitrogens with zero attached hydrogens (tertiary/aromatic N) is 2. The number of carboxylic acids is 1. The molecule has 2 N–H and O–H groups in total. The Bertz CT molecular complexity index is 587. The summed E-state index contributed by atoms with van der Waals surface area (Å²) < 4.78 is 32.6. The number of carboxylic acid groups (broad SMARTS) is 1. The lowest BCUT2D eigenvalue weighted by Crippen LogP contribution is -2.44. The maximum absolute atomic E-state index is 13.3. The summed E-state index contributed by atoms with van der Waals surface area (Å²) in [6.45, 7) is 7.09. The fourth-order valence-corrected chi connectivity index (χ4v) is 1.97. The second-order valence-electron chi connectivity index (χ2n) is 5.51. The smallest absolute Gasteiger partial charge is 0.328 e. The number of nitrogens with one attached hydrogen (secondary N) is 1. The molecule has 1 aromatic heterocycles. The summed E-state index contributed by atoms with van der Waals surface area (Å²) in [5.74, 6) is -2.21. The van der Waals surface area contributed by atoms with Crippen molar-refractivity contribution in [2.45, 2.75) is 32.9 Å². The van der Waals surface area contributed by atoms with Crippen LogP contribution in [0.1, 0.15) is 36.3 Å². The van der Waals surface area contributed by atoms with E-state index < -0.39 is 30.0 Å². The first-order valence-corrected chi connectivity index (χ1v) is 7.34. The van der Waals surface area contributed by atoms with Gasteiger partial charge in [0.15, 0.2) is 6.04 Å². The highest BCUT2D eigenvalue weighted by Gasteiger charge is 2.28. The molecule has 0 saturated heterocycles. The maximum atomic E-state index is 13.3. The van der Waals surface area contributed by atoms with E-state index in [2.05, 4.69) is 17.0 Å². The molecule has 1 unspecified atom stereocenters. The van der Waals surface area contributed by atoms with Crippen LogP contribution < -0.4 is 5.32 Å². The van der Waals surface area contributed by atoms with Crippen LogP contribution in [-0.2, 0) is 16.1 Å². The Labute approximate surface area is 138 Å². The summed E-state index contributed by atoms with van der Waals surface area (Å²) in [4.78, 5) is 23.3. The van der Waals surface area contributed by atoms with E-state index in [1.807, 2.05) is 13.8 Å². The van der Waals surface area contributed by atoms with Gasteiger partial charge in [-0.15, -0.1) is 6.58 Å². The van der Waals surface area contributed by atoms with Crippen molar-refractivity contribution in [1.82, 2.24) is 15.1 Å². The molecule has 7 nitrogen and oxygen atoms in total. The summed E-state index contributed by atoms with van der Waals surface area (Å²) >= 11 is 0. The van der Waals surface area contributed by atoms with Crippen LogP contribution in [0.15, 0.2) is 18.9 Å². The minimum atomic E-state index is -2.91. The first-order chi connectivity index (χ1) is 11.3. The van der Waals surface area contributed by atoms with Gasteiger partial charge in [0, 0.05) is 6.54 Å². The first kappa shape index (κ1) is 19.8. The van der Waals surface area contributed by atoms with E-state index in [1.165, 1.54) is 6.08 Å². The topological polar surface area (TPSA) is 93.5 Å². The Morgan fingerprint density at radius 3 is 2.67 bits per heavy atom. The number of carbonyl (C=O) groups is 2. The second-order valence-corrected chi connectivity index (χ2v) is 5.51. The van der Waals surface area contributed by atoms with Crippen LogP contribution >= 0.6 is 0 Å². The minimum Gasteiger partial charge on any atom is -0.480 e. The molecule has 24 heavy (non-hydrogen) atoms. The number of hydrogen-bond acceptors (Lipinski definition) is 4. The molecule has 0 aliphatic carbocycles. The monoisotopic (exact) mass is 345 g/mol. The molecular formula is C15H21F2N3O4. The van der Waals surface area contributed by atoms with Crippen molar-refractivity contribution in [1.29, 1.82) is 0 Å². The highest BCUT2D eigenvalue weighted by molar-refractivity contribution is 5.97. The van der Waals surface area contributed by atoms with E-state index in [1.54, 1.807) is 0 Å². The molecule has 0 saturated carbocycles. The van der Waals surface area contributed by atoms with Crippen molar-refractivity contribution in [2.24, 2.45) is 5.92 Å². The molecule has 1 heterocycles. The number of alkyl halides is 2. The summed E-state index contributed by atoms with van der Waals surface area (Å²) in [5.41, 5.74) is -0.877. The van der Waals surface area contributed by atoms with Crippen molar-refractivity contribution in [2.75, 3.05) is 13.2 Å². The van der Waals surface area contributed by atoms with E-state index in [-0.39, 0.29) is 31.2 Å². The van der Waals surface area contributed by atoms with Crippen LogP contribution in [0.2, 0.25) is 0 Å². The largest absolute Gasteiger partial charge is 0.480 e. The van der Waals surface area contributed by atoms with E-state index in [4.69, 9.17) is 9.84 Å². The molecule has 1 rings (SSSR count). The number of ether oxygens (including phenoxy) is 1. The van der Waals surface area contributed by atoms with Crippen LogP contribution in [0, 0.1) is 5.92 Å². The van der Waals surface area contributed by atoms with E-state index >= 15 is 0 Å². The average Bonchev–Trinajstić information content (AvgIpc) is 2.89. The molecule has 0 radical (unpaired) electrons. The number of halogens is 2. The van der Waals surface area contributed by atoms with Gasteiger partial charge in [0.25, 0.3) is 12.3 Å². The number of carbonyl (C=O) groups excluding carboxylic acids is 1. The van der Waals surface area contributed by atoms with Crippen molar-refractivity contribution in [3.63, 3.8) is 0 Å². The van der Waals surface area contributed by atoms with Gasteiger partial charge in [-0.25, -0.2) is 13.6 Å². The Balaban J connectivity index is 2.94. The average molecular weight is 345 g/mol. The van der Waals surface area contributed by atoms with Gasteiger partial charge in [-0.1, -0.05) is 19.9 Å². The van der Waals surface area contributed by atoms with E-state index in [9.17, 15) is 18.4 Å². The van der Waals surface area contributed by atoms with Gasteiger partial charge < -0.3 is 15.2 Å². The Kier molecular flexibility index (Phi) is 7.50. The first-order valence-electron chi connectivity index (χ1n) is 7.34. The number of amides is 1. The molecule has 0 bridgehead atoms. The zero-order valence-corrected chi connectivity index (χ0v) is 13.5. The van der Waals surface area contributed by atoms with Crippen molar-refractivity contribution in [3.05, 3.63) is 30.1 Å².